The Kier molecular flexibility index (Phi) is 8.84. The molecule has 1 fully saturated rings. The second kappa shape index (κ2) is 11.1. The standard InChI is InChI=1S/C16H16N2O6S2.C2H7NO/c1-8(19)24-6-9-7-26-15-12(14(21)18(15)13(9)16(22)23)17-11(20)5-10-3-2-4-25-10;3-1-2-4/h2-4,12,15H,5-7H2,1H3,(H,17,20)(H,22,23);4H,1-3H2/t12-,15-;/m1./s1. The second-order valence-electron chi connectivity index (χ2n) is 6.26. The number of carbonyl (C=O) groups excluding carboxylic acids is 3. The number of aliphatic carboxylic acids is 1. The average molecular weight is 458 g/mol. The molecular weight excluding hydrogens is 434 g/mol. The van der Waals surface area contributed by atoms with Crippen molar-refractivity contribution in [2.24, 2.45) is 5.73 Å². The number of nitrogens with zero attached hydrogens (tertiary/aromatic N) is 1. The van der Waals surface area contributed by atoms with Crippen LogP contribution in [-0.2, 0) is 30.3 Å². The number of ether oxygens (including phenoxy) is 1. The topological polar surface area (TPSA) is 159 Å². The van der Waals surface area contributed by atoms with Crippen LogP contribution in [0.1, 0.15) is 11.8 Å². The highest BCUT2D eigenvalue weighted by Gasteiger charge is 2.54. The minimum absolute atomic E-state index is 0.0972. The minimum atomic E-state index is -1.26. The molecule has 30 heavy (non-hydrogen) atoms. The van der Waals surface area contributed by atoms with E-state index in [1.807, 2.05) is 17.5 Å². The molecule has 164 valence electrons. The molecule has 0 spiro atoms. The Bertz CT molecular complexity index is 824. The molecule has 0 unspecified atom stereocenters. The number of carboxylic acids is 1. The molecule has 3 rings (SSSR count). The summed E-state index contributed by atoms with van der Waals surface area (Å²) in [4.78, 5) is 49.2. The summed E-state index contributed by atoms with van der Waals surface area (Å²) in [5.41, 5.74) is 4.98. The van der Waals surface area contributed by atoms with Crippen LogP contribution in [0.5, 0.6) is 0 Å². The van der Waals surface area contributed by atoms with Crippen molar-refractivity contribution in [2.75, 3.05) is 25.5 Å². The summed E-state index contributed by atoms with van der Waals surface area (Å²) in [7, 11) is 0. The van der Waals surface area contributed by atoms with E-state index >= 15 is 0 Å². The van der Waals surface area contributed by atoms with E-state index in [2.05, 4.69) is 5.32 Å². The molecule has 3 heterocycles. The third kappa shape index (κ3) is 5.81. The molecule has 0 aliphatic carbocycles. The molecule has 0 saturated carbocycles. The lowest BCUT2D eigenvalue weighted by Crippen LogP contribution is -2.70. The maximum Gasteiger partial charge on any atom is 0.352 e. The van der Waals surface area contributed by atoms with Crippen molar-refractivity contribution in [3.63, 3.8) is 0 Å². The van der Waals surface area contributed by atoms with Crippen LogP contribution in [0.25, 0.3) is 0 Å². The number of hydrogen-bond donors (Lipinski definition) is 4. The lowest BCUT2D eigenvalue weighted by atomic mass is 10.0. The van der Waals surface area contributed by atoms with Crippen LogP contribution < -0.4 is 11.1 Å². The first-order chi connectivity index (χ1) is 14.3. The Balaban J connectivity index is 0.000000735. The summed E-state index contributed by atoms with van der Waals surface area (Å²) in [5.74, 6) is -2.23. The van der Waals surface area contributed by atoms with Crippen molar-refractivity contribution in [1.82, 2.24) is 10.2 Å². The molecule has 12 heteroatoms. The number of esters is 1. The van der Waals surface area contributed by atoms with Crippen molar-refractivity contribution in [3.8, 4) is 0 Å². The molecule has 1 aromatic heterocycles. The predicted molar refractivity (Wildman–Crippen MR) is 110 cm³/mol. The summed E-state index contributed by atoms with van der Waals surface area (Å²) in [5, 5.41) is 21.3. The van der Waals surface area contributed by atoms with E-state index in [0.717, 1.165) is 9.78 Å². The Morgan fingerprint density at radius 3 is 2.63 bits per heavy atom. The minimum Gasteiger partial charge on any atom is -0.477 e. The van der Waals surface area contributed by atoms with Gasteiger partial charge in [0.1, 0.15) is 23.7 Å². The summed E-state index contributed by atoms with van der Waals surface area (Å²) < 4.78 is 4.87. The first-order valence-electron chi connectivity index (χ1n) is 8.96. The second-order valence-corrected chi connectivity index (χ2v) is 8.40. The predicted octanol–water partition coefficient (Wildman–Crippen LogP) is -0.470. The van der Waals surface area contributed by atoms with E-state index in [9.17, 15) is 24.3 Å². The Hall–Kier alpha value is -2.41. The monoisotopic (exact) mass is 457 g/mol. The van der Waals surface area contributed by atoms with Gasteiger partial charge in [0.25, 0.3) is 5.91 Å². The van der Waals surface area contributed by atoms with Crippen molar-refractivity contribution in [3.05, 3.63) is 33.7 Å². The van der Waals surface area contributed by atoms with Crippen LogP contribution >= 0.6 is 23.1 Å². The van der Waals surface area contributed by atoms with Gasteiger partial charge in [0.2, 0.25) is 5.91 Å². The molecule has 0 radical (unpaired) electrons. The van der Waals surface area contributed by atoms with Gasteiger partial charge >= 0.3 is 11.9 Å². The van der Waals surface area contributed by atoms with Gasteiger partial charge in [-0.25, -0.2) is 4.79 Å². The number of thiophene rings is 1. The number of aliphatic hydroxyl groups is 1. The molecule has 10 nitrogen and oxygen atoms in total. The number of nitrogens with two attached hydrogens (primary N) is 1. The van der Waals surface area contributed by atoms with Gasteiger partial charge in [-0.2, -0.15) is 0 Å². The molecule has 2 amide bonds. The van der Waals surface area contributed by atoms with Crippen LogP contribution in [0.2, 0.25) is 0 Å². The van der Waals surface area contributed by atoms with Crippen LogP contribution in [0.15, 0.2) is 28.8 Å². The van der Waals surface area contributed by atoms with Crippen LogP contribution in [0, 0.1) is 0 Å². The number of aliphatic hydroxyl groups excluding tert-OH is 1. The van der Waals surface area contributed by atoms with Gasteiger partial charge in [0, 0.05) is 29.7 Å². The number of rotatable bonds is 7. The van der Waals surface area contributed by atoms with Crippen molar-refractivity contribution < 1.29 is 34.1 Å². The summed E-state index contributed by atoms with van der Waals surface area (Å²) in [6.07, 6.45) is 0.179. The molecule has 2 atom stereocenters. The van der Waals surface area contributed by atoms with E-state index in [-0.39, 0.29) is 31.2 Å². The van der Waals surface area contributed by atoms with Crippen LogP contribution in [0.3, 0.4) is 0 Å². The molecule has 0 aromatic carbocycles. The van der Waals surface area contributed by atoms with Gasteiger partial charge in [-0.15, -0.1) is 23.1 Å². The van der Waals surface area contributed by atoms with Gasteiger partial charge in [-0.3, -0.25) is 19.3 Å². The molecule has 2 aliphatic heterocycles. The summed E-state index contributed by atoms with van der Waals surface area (Å²) >= 11 is 2.79. The van der Waals surface area contributed by atoms with E-state index < -0.39 is 29.3 Å². The maximum absolute atomic E-state index is 12.4. The third-order valence-electron chi connectivity index (χ3n) is 4.06. The number of nitrogens with one attached hydrogen (secondary N) is 1. The lowest BCUT2D eigenvalue weighted by Gasteiger charge is -2.49. The van der Waals surface area contributed by atoms with Crippen LogP contribution in [0.4, 0.5) is 0 Å². The number of β-lactam (4-membered cyclic amide) rings is 1. The number of carbonyl (C=O) groups is 4. The van der Waals surface area contributed by atoms with E-state index in [0.29, 0.717) is 17.9 Å². The molecule has 2 aliphatic rings. The van der Waals surface area contributed by atoms with Gasteiger partial charge in [-0.05, 0) is 11.4 Å². The van der Waals surface area contributed by atoms with E-state index in [1.54, 1.807) is 0 Å². The number of carboxylic acid groups (broad SMARTS) is 1. The molecular formula is C18H23N3O7S2. The highest BCUT2D eigenvalue weighted by Crippen LogP contribution is 2.40. The van der Waals surface area contributed by atoms with Gasteiger partial charge in [0.15, 0.2) is 0 Å². The first kappa shape index (κ1) is 23.9. The van der Waals surface area contributed by atoms with Crippen molar-refractivity contribution in [2.45, 2.75) is 24.8 Å². The number of thioether (sulfide) groups is 1. The smallest absolute Gasteiger partial charge is 0.352 e. The molecule has 0 bridgehead atoms. The molecule has 1 saturated heterocycles. The third-order valence-corrected chi connectivity index (χ3v) is 6.28. The summed E-state index contributed by atoms with van der Waals surface area (Å²) in [6, 6.07) is 2.92. The zero-order chi connectivity index (χ0) is 22.3. The van der Waals surface area contributed by atoms with E-state index in [1.165, 1.54) is 30.0 Å². The number of amides is 2. The Morgan fingerprint density at radius 2 is 2.10 bits per heavy atom. The highest BCUT2D eigenvalue weighted by molar-refractivity contribution is 8.00. The fourth-order valence-corrected chi connectivity index (χ4v) is 4.81. The van der Waals surface area contributed by atoms with Gasteiger partial charge < -0.3 is 26.0 Å². The lowest BCUT2D eigenvalue weighted by molar-refractivity contribution is -0.151. The average Bonchev–Trinajstić information content (AvgIpc) is 3.22. The number of fused-ring (bicyclic) bond motifs is 1. The van der Waals surface area contributed by atoms with Gasteiger partial charge in [0.05, 0.1) is 13.0 Å². The van der Waals surface area contributed by atoms with Crippen molar-refractivity contribution >= 4 is 46.9 Å². The zero-order valence-electron chi connectivity index (χ0n) is 16.2. The number of hydrogen-bond acceptors (Lipinski definition) is 9. The Morgan fingerprint density at radius 1 is 1.40 bits per heavy atom. The molecule has 5 N–H and O–H groups in total. The van der Waals surface area contributed by atoms with E-state index in [4.69, 9.17) is 15.6 Å². The van der Waals surface area contributed by atoms with Crippen LogP contribution in [-0.4, -0.2) is 75.8 Å². The Labute approximate surface area is 181 Å². The highest BCUT2D eigenvalue weighted by atomic mass is 32.2. The molecule has 1 aromatic rings. The van der Waals surface area contributed by atoms with Gasteiger partial charge in [-0.1, -0.05) is 6.07 Å². The maximum atomic E-state index is 12.4. The normalized spacial score (nSPS) is 19.8. The summed E-state index contributed by atoms with van der Waals surface area (Å²) in [6.45, 7) is 1.53. The first-order valence-corrected chi connectivity index (χ1v) is 10.9. The van der Waals surface area contributed by atoms with Crippen molar-refractivity contribution in [1.29, 1.82) is 0 Å². The quantitative estimate of drug-likeness (QED) is 0.313. The zero-order valence-corrected chi connectivity index (χ0v) is 17.8. The fourth-order valence-electron chi connectivity index (χ4n) is 2.78. The fraction of sp³-hybridized carbons (Fsp3) is 0.444. The largest absolute Gasteiger partial charge is 0.477 e. The SMILES string of the molecule is CC(=O)OCC1=C(C(=O)O)N2C(=O)[C@@H](NC(=O)Cc3cccs3)[C@H]2SC1.NCCO.